The molecule has 7 heteroatoms. The van der Waals surface area contributed by atoms with Crippen molar-refractivity contribution in [1.82, 2.24) is 4.98 Å². The molecule has 0 bridgehead atoms. The topological polar surface area (TPSA) is 77.3 Å². The van der Waals surface area contributed by atoms with E-state index in [1.54, 1.807) is 0 Å². The van der Waals surface area contributed by atoms with Crippen LogP contribution in [0.25, 0.3) is 0 Å². The number of thiazole rings is 1. The van der Waals surface area contributed by atoms with Gasteiger partial charge in [0.25, 0.3) is 0 Å². The summed E-state index contributed by atoms with van der Waals surface area (Å²) in [5.41, 5.74) is 0. The van der Waals surface area contributed by atoms with Crippen LogP contribution in [-0.2, 0) is 4.74 Å². The van der Waals surface area contributed by atoms with E-state index in [2.05, 4.69) is 24.1 Å². The van der Waals surface area contributed by atoms with Gasteiger partial charge in [0, 0.05) is 13.2 Å². The Morgan fingerprint density at radius 1 is 1.69 bits per heavy atom. The first-order valence-corrected chi connectivity index (χ1v) is 5.83. The number of aromatic nitrogens is 1. The van der Waals surface area contributed by atoms with Crippen molar-refractivity contribution in [3.8, 4) is 0 Å². The molecule has 0 saturated carbocycles. The highest BCUT2D eigenvalue weighted by Gasteiger charge is 2.10. The number of nitrogens with zero attached hydrogens (tertiary/aromatic N) is 2. The Balaban J connectivity index is 2.19. The van der Waals surface area contributed by atoms with Crippen LogP contribution in [0.15, 0.2) is 6.20 Å². The molecule has 0 aliphatic carbocycles. The van der Waals surface area contributed by atoms with E-state index >= 15 is 0 Å². The lowest BCUT2D eigenvalue weighted by Gasteiger charge is -2.06. The minimum Gasteiger partial charge on any atom is -0.379 e. The van der Waals surface area contributed by atoms with Crippen LogP contribution in [0.3, 0.4) is 0 Å². The Kier molecular flexibility index (Phi) is 5.13. The van der Waals surface area contributed by atoms with Crippen LogP contribution in [0.1, 0.15) is 13.8 Å². The number of ether oxygens (including phenoxy) is 1. The molecule has 90 valence electrons. The molecule has 1 N–H and O–H groups in total. The predicted molar refractivity (Wildman–Crippen MR) is 62.9 cm³/mol. The zero-order valence-electron chi connectivity index (χ0n) is 9.30. The van der Waals surface area contributed by atoms with Crippen molar-refractivity contribution in [1.29, 1.82) is 0 Å². The number of hydrogen-bond donors (Lipinski definition) is 1. The lowest BCUT2D eigenvalue weighted by molar-refractivity contribution is -0.380. The van der Waals surface area contributed by atoms with E-state index in [1.165, 1.54) is 6.20 Å². The summed E-state index contributed by atoms with van der Waals surface area (Å²) in [7, 11) is 0. The molecule has 1 aromatic rings. The molecule has 0 spiro atoms. The predicted octanol–water partition coefficient (Wildman–Crippen LogP) is 2.14. The standard InChI is InChI=1S/C9H15N3O3S/c1-7(2)6-15-4-3-10-9-11-5-8(16-9)12(13)14/h5,7H,3-4,6H2,1-2H3,(H,10,11). The summed E-state index contributed by atoms with van der Waals surface area (Å²) >= 11 is 1.03. The molecule has 0 radical (unpaired) electrons. The van der Waals surface area contributed by atoms with Crippen LogP contribution in [0.4, 0.5) is 10.1 Å². The Hall–Kier alpha value is -1.21. The first-order valence-electron chi connectivity index (χ1n) is 5.01. The van der Waals surface area contributed by atoms with Gasteiger partial charge in [-0.15, -0.1) is 0 Å². The Morgan fingerprint density at radius 2 is 2.44 bits per heavy atom. The molecule has 0 aliphatic heterocycles. The molecule has 0 amide bonds. The summed E-state index contributed by atoms with van der Waals surface area (Å²) in [6, 6.07) is 0. The van der Waals surface area contributed by atoms with Gasteiger partial charge in [0.15, 0.2) is 5.13 Å². The van der Waals surface area contributed by atoms with Gasteiger partial charge in [0.05, 0.1) is 11.5 Å². The number of anilines is 1. The molecule has 0 atom stereocenters. The maximum absolute atomic E-state index is 10.4. The maximum atomic E-state index is 10.4. The van der Waals surface area contributed by atoms with E-state index in [-0.39, 0.29) is 5.00 Å². The Labute approximate surface area is 97.8 Å². The highest BCUT2D eigenvalue weighted by Crippen LogP contribution is 2.24. The molecule has 16 heavy (non-hydrogen) atoms. The van der Waals surface area contributed by atoms with E-state index in [1.807, 2.05) is 0 Å². The average Bonchev–Trinajstić information content (AvgIpc) is 2.65. The number of rotatable bonds is 7. The van der Waals surface area contributed by atoms with Gasteiger partial charge >= 0.3 is 5.00 Å². The van der Waals surface area contributed by atoms with Gasteiger partial charge < -0.3 is 10.1 Å². The van der Waals surface area contributed by atoms with Gasteiger partial charge in [0.2, 0.25) is 0 Å². The van der Waals surface area contributed by atoms with Crippen LogP contribution in [0.2, 0.25) is 0 Å². The summed E-state index contributed by atoms with van der Waals surface area (Å²) in [5, 5.41) is 14.0. The average molecular weight is 245 g/mol. The van der Waals surface area contributed by atoms with Gasteiger partial charge in [-0.3, -0.25) is 10.1 Å². The number of nitrogens with one attached hydrogen (secondary N) is 1. The Morgan fingerprint density at radius 3 is 3.00 bits per heavy atom. The molecular formula is C9H15N3O3S. The monoisotopic (exact) mass is 245 g/mol. The largest absolute Gasteiger partial charge is 0.379 e. The normalized spacial score (nSPS) is 10.7. The van der Waals surface area contributed by atoms with Crippen LogP contribution >= 0.6 is 11.3 Å². The maximum Gasteiger partial charge on any atom is 0.345 e. The van der Waals surface area contributed by atoms with E-state index in [4.69, 9.17) is 4.74 Å². The van der Waals surface area contributed by atoms with Crippen molar-refractivity contribution < 1.29 is 9.66 Å². The highest BCUT2D eigenvalue weighted by atomic mass is 32.1. The van der Waals surface area contributed by atoms with Crippen molar-refractivity contribution in [3.63, 3.8) is 0 Å². The molecule has 1 heterocycles. The summed E-state index contributed by atoms with van der Waals surface area (Å²) in [5.74, 6) is 0.515. The van der Waals surface area contributed by atoms with Crippen molar-refractivity contribution in [2.75, 3.05) is 25.1 Å². The molecule has 0 saturated heterocycles. The molecule has 0 aliphatic rings. The minimum absolute atomic E-state index is 0.0469. The van der Waals surface area contributed by atoms with E-state index < -0.39 is 4.92 Å². The van der Waals surface area contributed by atoms with Crippen LogP contribution in [-0.4, -0.2) is 29.7 Å². The van der Waals surface area contributed by atoms with Crippen LogP contribution in [0.5, 0.6) is 0 Å². The second-order valence-corrected chi connectivity index (χ2v) is 4.67. The zero-order chi connectivity index (χ0) is 12.0. The van der Waals surface area contributed by atoms with Gasteiger partial charge in [0.1, 0.15) is 6.20 Å². The molecule has 6 nitrogen and oxygen atoms in total. The second kappa shape index (κ2) is 6.39. The summed E-state index contributed by atoms with van der Waals surface area (Å²) in [4.78, 5) is 13.8. The lowest BCUT2D eigenvalue weighted by atomic mass is 10.2. The SMILES string of the molecule is CC(C)COCCNc1ncc([N+](=O)[O-])s1. The first kappa shape index (κ1) is 12.9. The molecule has 1 aromatic heterocycles. The third kappa shape index (κ3) is 4.54. The molecular weight excluding hydrogens is 230 g/mol. The van der Waals surface area contributed by atoms with Crippen molar-refractivity contribution in [3.05, 3.63) is 16.3 Å². The third-order valence-electron chi connectivity index (χ3n) is 1.65. The van der Waals surface area contributed by atoms with Crippen molar-refractivity contribution in [2.45, 2.75) is 13.8 Å². The number of hydrogen-bond acceptors (Lipinski definition) is 6. The fourth-order valence-corrected chi connectivity index (χ4v) is 1.64. The van der Waals surface area contributed by atoms with E-state index in [0.29, 0.717) is 24.2 Å². The minimum atomic E-state index is -0.446. The van der Waals surface area contributed by atoms with Crippen molar-refractivity contribution >= 4 is 21.5 Å². The van der Waals surface area contributed by atoms with Crippen molar-refractivity contribution in [2.24, 2.45) is 5.92 Å². The highest BCUT2D eigenvalue weighted by molar-refractivity contribution is 7.18. The van der Waals surface area contributed by atoms with E-state index in [0.717, 1.165) is 17.9 Å². The fraction of sp³-hybridized carbons (Fsp3) is 0.667. The van der Waals surface area contributed by atoms with Crippen LogP contribution < -0.4 is 5.32 Å². The van der Waals surface area contributed by atoms with Gasteiger partial charge in [-0.2, -0.15) is 0 Å². The third-order valence-corrected chi connectivity index (χ3v) is 2.55. The fourth-order valence-electron chi connectivity index (χ4n) is 0.981. The summed E-state index contributed by atoms with van der Waals surface area (Å²) in [6.45, 7) is 6.07. The van der Waals surface area contributed by atoms with Crippen LogP contribution in [0, 0.1) is 16.0 Å². The van der Waals surface area contributed by atoms with E-state index in [9.17, 15) is 10.1 Å². The smallest absolute Gasteiger partial charge is 0.345 e. The zero-order valence-corrected chi connectivity index (χ0v) is 10.1. The van der Waals surface area contributed by atoms with Gasteiger partial charge in [-0.25, -0.2) is 4.98 Å². The van der Waals surface area contributed by atoms with Gasteiger partial charge in [-0.1, -0.05) is 13.8 Å². The first-order chi connectivity index (χ1) is 7.59. The molecule has 0 unspecified atom stereocenters. The summed E-state index contributed by atoms with van der Waals surface area (Å²) in [6.07, 6.45) is 1.25. The molecule has 0 aromatic carbocycles. The quantitative estimate of drug-likeness (QED) is 0.452. The molecule has 0 fully saturated rings. The summed E-state index contributed by atoms with van der Waals surface area (Å²) < 4.78 is 5.35. The Bertz CT molecular complexity index is 340. The molecule has 1 rings (SSSR count). The number of nitro groups is 1. The van der Waals surface area contributed by atoms with Gasteiger partial charge in [-0.05, 0) is 17.3 Å². The second-order valence-electron chi connectivity index (χ2n) is 3.66. The lowest BCUT2D eigenvalue weighted by Crippen LogP contribution is -2.11.